The van der Waals surface area contributed by atoms with E-state index >= 15 is 0 Å². The summed E-state index contributed by atoms with van der Waals surface area (Å²) in [6.07, 6.45) is 1.40. The number of hydrogen-bond donors (Lipinski definition) is 2. The van der Waals surface area contributed by atoms with Crippen molar-refractivity contribution in [2.24, 2.45) is 11.3 Å². The lowest BCUT2D eigenvalue weighted by atomic mass is 9.49. The molecule has 0 radical (unpaired) electrons. The Morgan fingerprint density at radius 3 is 2.61 bits per heavy atom. The Bertz CT molecular complexity index is 636. The van der Waals surface area contributed by atoms with Gasteiger partial charge in [0.05, 0.1) is 12.7 Å². The summed E-state index contributed by atoms with van der Waals surface area (Å²) < 4.78 is 0. The number of Topliss-reactive ketones (excluding diaryl/α,β-unsaturated/α-hetero) is 1. The molecule has 4 atom stereocenters. The average molecular weight is 316 g/mol. The normalized spacial score (nSPS) is 36.7. The number of aliphatic hydroxyl groups is 2. The van der Waals surface area contributed by atoms with Gasteiger partial charge in [-0.3, -0.25) is 4.79 Å². The van der Waals surface area contributed by atoms with Crippen LogP contribution in [0.4, 0.5) is 0 Å². The lowest BCUT2D eigenvalue weighted by molar-refractivity contribution is -0.106. The minimum atomic E-state index is -0.614. The third-order valence-corrected chi connectivity index (χ3v) is 6.62. The number of aliphatic hydroxyl groups excluding tert-OH is 2. The van der Waals surface area contributed by atoms with Crippen molar-refractivity contribution in [1.82, 2.24) is 0 Å². The van der Waals surface area contributed by atoms with E-state index in [9.17, 15) is 15.0 Å². The summed E-state index contributed by atoms with van der Waals surface area (Å²) >= 11 is 0. The topological polar surface area (TPSA) is 57.5 Å². The lowest BCUT2D eigenvalue weighted by Crippen LogP contribution is -2.57. The van der Waals surface area contributed by atoms with Crippen molar-refractivity contribution in [3.63, 3.8) is 0 Å². The van der Waals surface area contributed by atoms with E-state index in [0.29, 0.717) is 18.8 Å². The van der Waals surface area contributed by atoms with Gasteiger partial charge in [0.25, 0.3) is 0 Å². The highest BCUT2D eigenvalue weighted by Crippen LogP contribution is 2.57. The molecule has 126 valence electrons. The zero-order chi connectivity index (χ0) is 17.0. The highest BCUT2D eigenvalue weighted by Gasteiger charge is 2.56. The fraction of sp³-hybridized carbons (Fsp3) is 0.650. The maximum absolute atomic E-state index is 12.8. The van der Waals surface area contributed by atoms with Gasteiger partial charge in [-0.25, -0.2) is 0 Å². The maximum atomic E-state index is 12.8. The second-order valence-electron chi connectivity index (χ2n) is 8.28. The Balaban J connectivity index is 2.14. The first-order chi connectivity index (χ1) is 10.7. The van der Waals surface area contributed by atoms with Crippen LogP contribution >= 0.6 is 0 Å². The molecule has 0 amide bonds. The second kappa shape index (κ2) is 5.42. The summed E-state index contributed by atoms with van der Waals surface area (Å²) in [6, 6.07) is 6.31. The molecule has 1 fully saturated rings. The number of carbonyl (C=O) groups is 1. The monoisotopic (exact) mass is 316 g/mol. The Hall–Kier alpha value is -1.19. The van der Waals surface area contributed by atoms with Crippen molar-refractivity contribution in [2.45, 2.75) is 64.4 Å². The number of fused-ring (bicyclic) bond motifs is 3. The van der Waals surface area contributed by atoms with Crippen molar-refractivity contribution in [1.29, 1.82) is 0 Å². The van der Waals surface area contributed by atoms with Crippen LogP contribution in [0.1, 0.15) is 74.4 Å². The molecule has 3 rings (SSSR count). The van der Waals surface area contributed by atoms with Crippen LogP contribution in [0.5, 0.6) is 0 Å². The van der Waals surface area contributed by atoms with Crippen molar-refractivity contribution in [3.05, 3.63) is 34.9 Å². The Morgan fingerprint density at radius 2 is 2.00 bits per heavy atom. The van der Waals surface area contributed by atoms with Gasteiger partial charge in [-0.1, -0.05) is 39.8 Å². The number of rotatable bonds is 2. The van der Waals surface area contributed by atoms with E-state index in [1.165, 1.54) is 5.56 Å². The van der Waals surface area contributed by atoms with Crippen LogP contribution in [0, 0.1) is 11.3 Å². The van der Waals surface area contributed by atoms with E-state index in [-0.39, 0.29) is 23.7 Å². The molecule has 0 saturated heterocycles. The molecule has 1 saturated carbocycles. The van der Waals surface area contributed by atoms with Crippen molar-refractivity contribution in [2.75, 3.05) is 6.61 Å². The maximum Gasteiger partial charge on any atom is 0.163 e. The molecule has 0 unspecified atom stereocenters. The van der Waals surface area contributed by atoms with Crippen molar-refractivity contribution >= 4 is 5.78 Å². The molecule has 0 aromatic heterocycles. The molecule has 3 nitrogen and oxygen atoms in total. The van der Waals surface area contributed by atoms with Crippen molar-refractivity contribution < 1.29 is 15.0 Å². The van der Waals surface area contributed by atoms with Gasteiger partial charge in [0.15, 0.2) is 5.78 Å². The van der Waals surface area contributed by atoms with Crippen LogP contribution < -0.4 is 0 Å². The summed E-state index contributed by atoms with van der Waals surface area (Å²) in [6.45, 7) is 8.33. The van der Waals surface area contributed by atoms with E-state index < -0.39 is 11.5 Å². The van der Waals surface area contributed by atoms with Gasteiger partial charge >= 0.3 is 0 Å². The molecule has 3 heteroatoms. The summed E-state index contributed by atoms with van der Waals surface area (Å²) in [5.41, 5.74) is 2.38. The lowest BCUT2D eigenvalue weighted by Gasteiger charge is -2.56. The van der Waals surface area contributed by atoms with Gasteiger partial charge in [-0.2, -0.15) is 0 Å². The molecule has 2 aliphatic carbocycles. The fourth-order valence-corrected chi connectivity index (χ4v) is 4.84. The highest BCUT2D eigenvalue weighted by atomic mass is 16.3. The molecule has 1 aromatic rings. The zero-order valence-electron chi connectivity index (χ0n) is 14.6. The SMILES string of the molecule is CC(C)c1ccc2c(c1)C(=O)C[C@@H]1[C@@](C)(CO)[C@H](O)CC[C@@]21C. The molecule has 0 heterocycles. The third kappa shape index (κ3) is 2.28. The second-order valence-corrected chi connectivity index (χ2v) is 8.28. The molecule has 2 N–H and O–H groups in total. The van der Waals surface area contributed by atoms with Gasteiger partial charge < -0.3 is 10.2 Å². The smallest absolute Gasteiger partial charge is 0.163 e. The first kappa shape index (κ1) is 16.7. The quantitative estimate of drug-likeness (QED) is 0.879. The number of ketones is 1. The van der Waals surface area contributed by atoms with Crippen LogP contribution in [0.2, 0.25) is 0 Å². The van der Waals surface area contributed by atoms with Gasteiger partial charge in [-0.15, -0.1) is 0 Å². The Morgan fingerprint density at radius 1 is 1.30 bits per heavy atom. The van der Waals surface area contributed by atoms with Gasteiger partial charge in [-0.05, 0) is 47.3 Å². The van der Waals surface area contributed by atoms with Crippen LogP contribution in [0.25, 0.3) is 0 Å². The Kier molecular flexibility index (Phi) is 3.93. The molecule has 0 spiro atoms. The average Bonchev–Trinajstić information content (AvgIpc) is 2.53. The van der Waals surface area contributed by atoms with E-state index in [0.717, 1.165) is 17.5 Å². The van der Waals surface area contributed by atoms with Crippen LogP contribution in [0.15, 0.2) is 18.2 Å². The minimum absolute atomic E-state index is 0.0198. The van der Waals surface area contributed by atoms with E-state index in [2.05, 4.69) is 39.0 Å². The molecule has 23 heavy (non-hydrogen) atoms. The number of hydrogen-bond acceptors (Lipinski definition) is 3. The summed E-state index contributed by atoms with van der Waals surface area (Å²) in [5, 5.41) is 20.4. The van der Waals surface area contributed by atoms with E-state index in [1.54, 1.807) is 0 Å². The molecular formula is C20H28O3. The summed E-state index contributed by atoms with van der Waals surface area (Å²) in [5.74, 6) is 0.530. The molecule has 0 bridgehead atoms. The number of carbonyl (C=O) groups excluding carboxylic acids is 1. The minimum Gasteiger partial charge on any atom is -0.396 e. The van der Waals surface area contributed by atoms with E-state index in [1.807, 2.05) is 6.92 Å². The zero-order valence-corrected chi connectivity index (χ0v) is 14.6. The Labute approximate surface area is 138 Å². The van der Waals surface area contributed by atoms with Crippen LogP contribution in [-0.4, -0.2) is 28.7 Å². The molecular weight excluding hydrogens is 288 g/mol. The third-order valence-electron chi connectivity index (χ3n) is 6.62. The standard InChI is InChI=1S/C20H28O3/c1-12(2)13-5-6-15-14(9-13)16(22)10-17-19(15,3)8-7-18(23)20(17,4)11-21/h5-6,9,12,17-18,21,23H,7-8,10-11H2,1-4H3/t17-,18+,19-,20+/m0/s1. The molecule has 0 aliphatic heterocycles. The fourth-order valence-electron chi connectivity index (χ4n) is 4.84. The summed E-state index contributed by atoms with van der Waals surface area (Å²) in [4.78, 5) is 12.8. The van der Waals surface area contributed by atoms with Gasteiger partial charge in [0.2, 0.25) is 0 Å². The summed E-state index contributed by atoms with van der Waals surface area (Å²) in [7, 11) is 0. The van der Waals surface area contributed by atoms with Crippen LogP contribution in [0.3, 0.4) is 0 Å². The molecule has 1 aromatic carbocycles. The van der Waals surface area contributed by atoms with Crippen molar-refractivity contribution in [3.8, 4) is 0 Å². The predicted octanol–water partition coefficient (Wildman–Crippen LogP) is 3.42. The number of benzene rings is 1. The van der Waals surface area contributed by atoms with Gasteiger partial charge in [0.1, 0.15) is 0 Å². The predicted molar refractivity (Wildman–Crippen MR) is 90.8 cm³/mol. The van der Waals surface area contributed by atoms with E-state index in [4.69, 9.17) is 0 Å². The first-order valence-corrected chi connectivity index (χ1v) is 8.70. The highest BCUT2D eigenvalue weighted by molar-refractivity contribution is 5.99. The van der Waals surface area contributed by atoms with Crippen LogP contribution in [-0.2, 0) is 5.41 Å². The first-order valence-electron chi connectivity index (χ1n) is 8.70. The molecule has 2 aliphatic rings. The largest absolute Gasteiger partial charge is 0.396 e. The van der Waals surface area contributed by atoms with Gasteiger partial charge in [0, 0.05) is 17.4 Å².